The molecule has 1 nitrogen and oxygen atoms in total. The SMILES string of the molecule is C=CC(C)C/C=C/OCCBr. The molecule has 0 spiro atoms. The van der Waals surface area contributed by atoms with Crippen LogP contribution in [-0.2, 0) is 4.74 Å². The molecule has 0 saturated carbocycles. The van der Waals surface area contributed by atoms with Crippen LogP contribution in [0.2, 0.25) is 0 Å². The summed E-state index contributed by atoms with van der Waals surface area (Å²) in [5, 5.41) is 0.883. The molecule has 1 atom stereocenters. The fourth-order valence-electron chi connectivity index (χ4n) is 0.547. The Balaban J connectivity index is 3.21. The van der Waals surface area contributed by atoms with Gasteiger partial charge in [-0.05, 0) is 18.4 Å². The van der Waals surface area contributed by atoms with Gasteiger partial charge in [0.05, 0.1) is 12.9 Å². The highest BCUT2D eigenvalue weighted by Gasteiger charge is 1.89. The maximum Gasteiger partial charge on any atom is 0.0969 e. The molecule has 64 valence electrons. The molecule has 2 heteroatoms. The lowest BCUT2D eigenvalue weighted by Gasteiger charge is -1.99. The second-order valence-corrected chi connectivity index (χ2v) is 3.17. The molecular formula is C9H15BrO. The summed E-state index contributed by atoms with van der Waals surface area (Å²) in [7, 11) is 0. The minimum absolute atomic E-state index is 0.541. The summed E-state index contributed by atoms with van der Waals surface area (Å²) in [5.74, 6) is 0.541. The monoisotopic (exact) mass is 218 g/mol. The molecule has 0 heterocycles. The topological polar surface area (TPSA) is 9.23 Å². The van der Waals surface area contributed by atoms with E-state index < -0.39 is 0 Å². The summed E-state index contributed by atoms with van der Waals surface area (Å²) in [4.78, 5) is 0. The lowest BCUT2D eigenvalue weighted by molar-refractivity contribution is 0.272. The van der Waals surface area contributed by atoms with Crippen LogP contribution >= 0.6 is 15.9 Å². The normalized spacial score (nSPS) is 13.3. The van der Waals surface area contributed by atoms with Gasteiger partial charge in [0, 0.05) is 5.33 Å². The van der Waals surface area contributed by atoms with Crippen LogP contribution in [0.5, 0.6) is 0 Å². The van der Waals surface area contributed by atoms with Gasteiger partial charge >= 0.3 is 0 Å². The first-order chi connectivity index (χ1) is 5.31. The minimum atomic E-state index is 0.541. The molecule has 0 amide bonds. The molecule has 0 fully saturated rings. The molecule has 0 radical (unpaired) electrons. The molecule has 0 aromatic heterocycles. The van der Waals surface area contributed by atoms with Crippen molar-refractivity contribution in [3.63, 3.8) is 0 Å². The fraction of sp³-hybridized carbons (Fsp3) is 0.556. The average Bonchev–Trinajstić information content (AvgIpc) is 2.04. The second kappa shape index (κ2) is 7.86. The van der Waals surface area contributed by atoms with Crippen molar-refractivity contribution in [2.45, 2.75) is 13.3 Å². The Morgan fingerprint density at radius 2 is 2.36 bits per heavy atom. The van der Waals surface area contributed by atoms with Gasteiger partial charge in [0.2, 0.25) is 0 Å². The summed E-state index contributed by atoms with van der Waals surface area (Å²) < 4.78 is 5.12. The van der Waals surface area contributed by atoms with Crippen LogP contribution in [0.4, 0.5) is 0 Å². The second-order valence-electron chi connectivity index (χ2n) is 2.38. The molecule has 0 aliphatic rings. The van der Waals surface area contributed by atoms with Gasteiger partial charge in [-0.3, -0.25) is 0 Å². The zero-order chi connectivity index (χ0) is 8.53. The molecule has 0 N–H and O–H groups in total. The van der Waals surface area contributed by atoms with Gasteiger partial charge in [0.1, 0.15) is 0 Å². The van der Waals surface area contributed by atoms with Gasteiger partial charge in [0.15, 0.2) is 0 Å². The molecule has 11 heavy (non-hydrogen) atoms. The standard InChI is InChI=1S/C9H15BrO/c1-3-9(2)5-4-7-11-8-6-10/h3-4,7,9H,1,5-6,8H2,2H3/b7-4+. The molecule has 0 aromatic rings. The Bertz CT molecular complexity index is 121. The van der Waals surface area contributed by atoms with E-state index in [-0.39, 0.29) is 0 Å². The van der Waals surface area contributed by atoms with Crippen molar-refractivity contribution >= 4 is 15.9 Å². The van der Waals surface area contributed by atoms with E-state index in [1.165, 1.54) is 0 Å². The first-order valence-corrected chi connectivity index (χ1v) is 4.88. The van der Waals surface area contributed by atoms with Crippen molar-refractivity contribution < 1.29 is 4.74 Å². The zero-order valence-corrected chi connectivity index (χ0v) is 8.51. The van der Waals surface area contributed by atoms with Gasteiger partial charge in [-0.15, -0.1) is 6.58 Å². The van der Waals surface area contributed by atoms with Gasteiger partial charge in [-0.2, -0.15) is 0 Å². The van der Waals surface area contributed by atoms with E-state index in [1.807, 2.05) is 12.2 Å². The number of ether oxygens (including phenoxy) is 1. The highest BCUT2D eigenvalue weighted by Crippen LogP contribution is 2.02. The van der Waals surface area contributed by atoms with Crippen molar-refractivity contribution in [2.75, 3.05) is 11.9 Å². The Morgan fingerprint density at radius 1 is 1.64 bits per heavy atom. The number of alkyl halides is 1. The highest BCUT2D eigenvalue weighted by atomic mass is 79.9. The van der Waals surface area contributed by atoms with Crippen LogP contribution in [-0.4, -0.2) is 11.9 Å². The van der Waals surface area contributed by atoms with E-state index in [9.17, 15) is 0 Å². The van der Waals surface area contributed by atoms with Crippen molar-refractivity contribution in [3.8, 4) is 0 Å². The van der Waals surface area contributed by atoms with Gasteiger partial charge in [-0.25, -0.2) is 0 Å². The number of allylic oxidation sites excluding steroid dienone is 2. The predicted octanol–water partition coefficient (Wildman–Crippen LogP) is 3.12. The van der Waals surface area contributed by atoms with Crippen molar-refractivity contribution in [2.24, 2.45) is 5.92 Å². The Morgan fingerprint density at radius 3 is 2.91 bits per heavy atom. The van der Waals surface area contributed by atoms with E-state index in [2.05, 4.69) is 29.4 Å². The van der Waals surface area contributed by atoms with E-state index in [0.29, 0.717) is 5.92 Å². The predicted molar refractivity (Wildman–Crippen MR) is 52.9 cm³/mol. The molecule has 0 aromatic carbocycles. The van der Waals surface area contributed by atoms with Gasteiger partial charge in [0.25, 0.3) is 0 Å². The highest BCUT2D eigenvalue weighted by molar-refractivity contribution is 9.09. The Kier molecular flexibility index (Phi) is 7.69. The van der Waals surface area contributed by atoms with E-state index in [1.54, 1.807) is 6.26 Å². The Labute approximate surface area is 77.3 Å². The van der Waals surface area contributed by atoms with Crippen molar-refractivity contribution in [1.82, 2.24) is 0 Å². The third kappa shape index (κ3) is 7.66. The van der Waals surface area contributed by atoms with Gasteiger partial charge in [-0.1, -0.05) is 28.9 Å². The van der Waals surface area contributed by atoms with Crippen LogP contribution < -0.4 is 0 Å². The smallest absolute Gasteiger partial charge is 0.0969 e. The number of rotatable bonds is 6. The number of hydrogen-bond donors (Lipinski definition) is 0. The maximum atomic E-state index is 5.12. The average molecular weight is 219 g/mol. The maximum absolute atomic E-state index is 5.12. The van der Waals surface area contributed by atoms with Gasteiger partial charge < -0.3 is 4.74 Å². The summed E-state index contributed by atoms with van der Waals surface area (Å²) in [6.07, 6.45) is 6.72. The quantitative estimate of drug-likeness (QED) is 0.288. The first-order valence-electron chi connectivity index (χ1n) is 3.76. The third-order valence-corrected chi connectivity index (χ3v) is 1.62. The molecular weight excluding hydrogens is 204 g/mol. The Hall–Kier alpha value is -0.240. The van der Waals surface area contributed by atoms with E-state index in [0.717, 1.165) is 18.4 Å². The summed E-state index contributed by atoms with van der Waals surface area (Å²) in [6, 6.07) is 0. The number of halogens is 1. The molecule has 0 rings (SSSR count). The third-order valence-electron chi connectivity index (χ3n) is 1.30. The van der Waals surface area contributed by atoms with Crippen LogP contribution in [0.25, 0.3) is 0 Å². The molecule has 0 bridgehead atoms. The van der Waals surface area contributed by atoms with Crippen molar-refractivity contribution in [1.29, 1.82) is 0 Å². The van der Waals surface area contributed by atoms with Crippen LogP contribution in [0.3, 0.4) is 0 Å². The zero-order valence-electron chi connectivity index (χ0n) is 6.92. The summed E-state index contributed by atoms with van der Waals surface area (Å²) >= 11 is 3.27. The molecule has 0 saturated heterocycles. The summed E-state index contributed by atoms with van der Waals surface area (Å²) in [6.45, 7) is 6.56. The molecule has 0 aliphatic heterocycles. The molecule has 0 aliphatic carbocycles. The first kappa shape index (κ1) is 10.8. The van der Waals surface area contributed by atoms with Crippen LogP contribution in [0.1, 0.15) is 13.3 Å². The minimum Gasteiger partial charge on any atom is -0.501 e. The van der Waals surface area contributed by atoms with Crippen LogP contribution in [0, 0.1) is 5.92 Å². The van der Waals surface area contributed by atoms with E-state index >= 15 is 0 Å². The number of hydrogen-bond acceptors (Lipinski definition) is 1. The lowest BCUT2D eigenvalue weighted by atomic mass is 10.1. The van der Waals surface area contributed by atoms with Crippen molar-refractivity contribution in [3.05, 3.63) is 25.0 Å². The fourth-order valence-corrected chi connectivity index (χ4v) is 0.734. The lowest BCUT2D eigenvalue weighted by Crippen LogP contribution is -1.88. The van der Waals surface area contributed by atoms with Crippen LogP contribution in [0.15, 0.2) is 25.0 Å². The summed E-state index contributed by atoms with van der Waals surface area (Å²) in [5.41, 5.74) is 0. The largest absolute Gasteiger partial charge is 0.501 e. The van der Waals surface area contributed by atoms with E-state index in [4.69, 9.17) is 4.74 Å². The molecule has 1 unspecified atom stereocenters.